The molecule has 0 radical (unpaired) electrons. The first-order valence-electron chi connectivity index (χ1n) is 5.55. The molecule has 4 nitrogen and oxygen atoms in total. The molecule has 6 heteroatoms. The molecule has 0 aliphatic carbocycles. The van der Waals surface area contributed by atoms with Crippen molar-refractivity contribution < 1.29 is 14.0 Å². The van der Waals surface area contributed by atoms with Gasteiger partial charge in [-0.3, -0.25) is 9.59 Å². The molecule has 0 spiro atoms. The van der Waals surface area contributed by atoms with E-state index in [1.807, 2.05) is 0 Å². The van der Waals surface area contributed by atoms with Crippen LogP contribution in [0.1, 0.15) is 12.0 Å². The predicted molar refractivity (Wildman–Crippen MR) is 73.9 cm³/mol. The summed E-state index contributed by atoms with van der Waals surface area (Å²) in [4.78, 5) is 22.9. The maximum atomic E-state index is 13.0. The Balaban J connectivity index is 2.62. The van der Waals surface area contributed by atoms with E-state index < -0.39 is 23.7 Å². The molecule has 0 aromatic heterocycles. The molecule has 19 heavy (non-hydrogen) atoms. The number of primary amides is 1. The fraction of sp³-hybridized carbons (Fsp3) is 0.231. The van der Waals surface area contributed by atoms with Crippen LogP contribution in [0, 0.1) is 5.82 Å². The molecular weight excluding hydrogens is 315 g/mol. The quantitative estimate of drug-likeness (QED) is 0.833. The molecule has 0 aliphatic rings. The minimum Gasteiger partial charge on any atom is -0.368 e. The lowest BCUT2D eigenvalue weighted by Gasteiger charge is -2.14. The first kappa shape index (κ1) is 15.4. The smallest absolute Gasteiger partial charge is 0.240 e. The van der Waals surface area contributed by atoms with Gasteiger partial charge in [0.15, 0.2) is 0 Å². The molecule has 0 saturated carbocycles. The van der Waals surface area contributed by atoms with Gasteiger partial charge in [-0.25, -0.2) is 4.39 Å². The second kappa shape index (κ2) is 7.04. The van der Waals surface area contributed by atoms with Crippen molar-refractivity contribution in [3.8, 4) is 0 Å². The Morgan fingerprint density at radius 2 is 2.16 bits per heavy atom. The number of carbonyl (C=O) groups is 2. The van der Waals surface area contributed by atoms with Crippen molar-refractivity contribution in [2.45, 2.75) is 18.9 Å². The van der Waals surface area contributed by atoms with Gasteiger partial charge in [-0.1, -0.05) is 34.6 Å². The molecule has 0 unspecified atom stereocenters. The van der Waals surface area contributed by atoms with E-state index in [0.29, 0.717) is 10.0 Å². The highest BCUT2D eigenvalue weighted by atomic mass is 79.9. The molecule has 0 saturated heterocycles. The van der Waals surface area contributed by atoms with Crippen molar-refractivity contribution in [2.24, 2.45) is 5.73 Å². The molecule has 3 N–H and O–H groups in total. The third kappa shape index (κ3) is 5.65. The lowest BCUT2D eigenvalue weighted by molar-refractivity contribution is -0.126. The summed E-state index contributed by atoms with van der Waals surface area (Å²) in [5.74, 6) is -1.46. The standard InChI is InChI=1S/C13H14BrFN2O2/c1-8(14)5-11(13(16)19)17-12(18)7-9-3-2-4-10(15)6-9/h2-4,6,11H,1,5,7H2,(H2,16,19)(H,17,18)/t11-/m1/s1. The normalized spacial score (nSPS) is 11.7. The summed E-state index contributed by atoms with van der Waals surface area (Å²) >= 11 is 3.11. The van der Waals surface area contributed by atoms with Gasteiger partial charge in [-0.2, -0.15) is 0 Å². The summed E-state index contributed by atoms with van der Waals surface area (Å²) in [5.41, 5.74) is 5.70. The van der Waals surface area contributed by atoms with Crippen LogP contribution in [0.2, 0.25) is 0 Å². The number of carbonyl (C=O) groups excluding carboxylic acids is 2. The van der Waals surface area contributed by atoms with Crippen molar-refractivity contribution in [3.05, 3.63) is 46.7 Å². The van der Waals surface area contributed by atoms with Crippen LogP contribution >= 0.6 is 15.9 Å². The number of amides is 2. The van der Waals surface area contributed by atoms with Gasteiger partial charge >= 0.3 is 0 Å². The number of rotatable bonds is 6. The molecular formula is C13H14BrFN2O2. The lowest BCUT2D eigenvalue weighted by atomic mass is 10.1. The number of hydrogen-bond donors (Lipinski definition) is 2. The SMILES string of the molecule is C=C(Br)C[C@@H](NC(=O)Cc1cccc(F)c1)C(N)=O. The van der Waals surface area contributed by atoms with E-state index in [9.17, 15) is 14.0 Å². The summed E-state index contributed by atoms with van der Waals surface area (Å²) < 4.78 is 13.5. The van der Waals surface area contributed by atoms with E-state index in [1.165, 1.54) is 18.2 Å². The zero-order valence-electron chi connectivity index (χ0n) is 10.2. The minimum atomic E-state index is -0.826. The molecule has 1 rings (SSSR count). The fourth-order valence-electron chi connectivity index (χ4n) is 1.52. The molecule has 1 atom stereocenters. The third-order valence-corrected chi connectivity index (χ3v) is 2.68. The first-order valence-corrected chi connectivity index (χ1v) is 6.34. The molecule has 2 amide bonds. The van der Waals surface area contributed by atoms with Crippen molar-refractivity contribution in [1.29, 1.82) is 0 Å². The Bertz CT molecular complexity index is 505. The van der Waals surface area contributed by atoms with E-state index in [-0.39, 0.29) is 12.8 Å². The van der Waals surface area contributed by atoms with Crippen molar-refractivity contribution in [3.63, 3.8) is 0 Å². The maximum Gasteiger partial charge on any atom is 0.240 e. The van der Waals surface area contributed by atoms with Crippen LogP contribution in [0.15, 0.2) is 35.3 Å². The van der Waals surface area contributed by atoms with E-state index in [1.54, 1.807) is 6.07 Å². The van der Waals surface area contributed by atoms with Crippen LogP contribution in [-0.2, 0) is 16.0 Å². The highest BCUT2D eigenvalue weighted by molar-refractivity contribution is 9.11. The molecule has 1 aromatic carbocycles. The molecule has 0 aliphatic heterocycles. The maximum absolute atomic E-state index is 13.0. The topological polar surface area (TPSA) is 72.2 Å². The van der Waals surface area contributed by atoms with E-state index in [2.05, 4.69) is 27.8 Å². The van der Waals surface area contributed by atoms with Gasteiger partial charge in [0.25, 0.3) is 0 Å². The lowest BCUT2D eigenvalue weighted by Crippen LogP contribution is -2.45. The number of benzene rings is 1. The molecule has 1 aromatic rings. The summed E-state index contributed by atoms with van der Waals surface area (Å²) in [6, 6.07) is 4.88. The van der Waals surface area contributed by atoms with Gasteiger partial charge in [0.2, 0.25) is 11.8 Å². The Labute approximate surface area is 119 Å². The Kier molecular flexibility index (Phi) is 5.69. The molecule has 0 heterocycles. The van der Waals surface area contributed by atoms with Gasteiger partial charge < -0.3 is 11.1 Å². The second-order valence-electron chi connectivity index (χ2n) is 4.05. The first-order chi connectivity index (χ1) is 8.88. The molecule has 0 fully saturated rings. The van der Waals surface area contributed by atoms with Crippen molar-refractivity contribution >= 4 is 27.7 Å². The summed E-state index contributed by atoms with van der Waals surface area (Å²) in [6.45, 7) is 3.59. The number of hydrogen-bond acceptors (Lipinski definition) is 2. The summed E-state index contributed by atoms with van der Waals surface area (Å²) in [5, 5.41) is 2.49. The molecule has 0 bridgehead atoms. The highest BCUT2D eigenvalue weighted by Gasteiger charge is 2.18. The van der Waals surface area contributed by atoms with Gasteiger partial charge in [0.1, 0.15) is 11.9 Å². The monoisotopic (exact) mass is 328 g/mol. The number of nitrogens with two attached hydrogens (primary N) is 1. The Morgan fingerprint density at radius 3 is 2.68 bits per heavy atom. The predicted octanol–water partition coefficient (Wildman–Crippen LogP) is 1.64. The van der Waals surface area contributed by atoms with Crippen LogP contribution in [0.4, 0.5) is 4.39 Å². The van der Waals surface area contributed by atoms with E-state index in [4.69, 9.17) is 5.73 Å². The van der Waals surface area contributed by atoms with Gasteiger partial charge in [-0.15, -0.1) is 0 Å². The van der Waals surface area contributed by atoms with Crippen molar-refractivity contribution in [1.82, 2.24) is 5.32 Å². The van der Waals surface area contributed by atoms with Crippen LogP contribution in [0.25, 0.3) is 0 Å². The highest BCUT2D eigenvalue weighted by Crippen LogP contribution is 2.10. The second-order valence-corrected chi connectivity index (χ2v) is 5.17. The van der Waals surface area contributed by atoms with E-state index >= 15 is 0 Å². The Hall–Kier alpha value is -1.69. The van der Waals surface area contributed by atoms with E-state index in [0.717, 1.165) is 0 Å². The van der Waals surface area contributed by atoms with Crippen LogP contribution in [0.3, 0.4) is 0 Å². The average Bonchev–Trinajstić information content (AvgIpc) is 2.27. The van der Waals surface area contributed by atoms with Crippen LogP contribution < -0.4 is 11.1 Å². The fourth-order valence-corrected chi connectivity index (χ4v) is 1.85. The molecule has 102 valence electrons. The summed E-state index contributed by atoms with van der Waals surface area (Å²) in [7, 11) is 0. The number of halogens is 2. The Morgan fingerprint density at radius 1 is 1.47 bits per heavy atom. The average molecular weight is 329 g/mol. The van der Waals surface area contributed by atoms with Crippen LogP contribution in [-0.4, -0.2) is 17.9 Å². The third-order valence-electron chi connectivity index (χ3n) is 2.36. The van der Waals surface area contributed by atoms with Gasteiger partial charge in [0, 0.05) is 6.42 Å². The zero-order chi connectivity index (χ0) is 14.4. The largest absolute Gasteiger partial charge is 0.368 e. The number of nitrogens with one attached hydrogen (secondary N) is 1. The van der Waals surface area contributed by atoms with Gasteiger partial charge in [0.05, 0.1) is 6.42 Å². The minimum absolute atomic E-state index is 0.0176. The zero-order valence-corrected chi connectivity index (χ0v) is 11.7. The van der Waals surface area contributed by atoms with Crippen molar-refractivity contribution in [2.75, 3.05) is 0 Å². The van der Waals surface area contributed by atoms with Gasteiger partial charge in [-0.05, 0) is 22.2 Å². The van der Waals surface area contributed by atoms with Crippen LogP contribution in [0.5, 0.6) is 0 Å². The summed E-state index contributed by atoms with van der Waals surface area (Å²) in [6.07, 6.45) is 0.195.